The van der Waals surface area contributed by atoms with Crippen LogP contribution in [0.2, 0.25) is 0 Å². The minimum atomic E-state index is -3.20. The van der Waals surface area contributed by atoms with Gasteiger partial charge in [0.2, 0.25) is 0 Å². The number of aliphatic imine (C=N–C) groups is 1. The van der Waals surface area contributed by atoms with E-state index in [9.17, 15) is 12.8 Å². The lowest BCUT2D eigenvalue weighted by atomic mass is 10.0. The van der Waals surface area contributed by atoms with Crippen molar-refractivity contribution in [1.82, 2.24) is 15.5 Å². The van der Waals surface area contributed by atoms with Gasteiger partial charge in [-0.25, -0.2) is 12.8 Å². The third-order valence-electron chi connectivity index (χ3n) is 5.61. The molecule has 0 spiro atoms. The molecule has 1 aliphatic rings. The Hall–Kier alpha value is -0.940. The Labute approximate surface area is 204 Å². The van der Waals surface area contributed by atoms with Crippen molar-refractivity contribution in [1.29, 1.82) is 0 Å². The van der Waals surface area contributed by atoms with Gasteiger partial charge in [0.25, 0.3) is 0 Å². The summed E-state index contributed by atoms with van der Waals surface area (Å²) in [5.74, 6) is 0.650. The van der Waals surface area contributed by atoms with Crippen LogP contribution in [0.4, 0.5) is 4.39 Å². The molecular weight excluding hydrogens is 530 g/mol. The van der Waals surface area contributed by atoms with Crippen LogP contribution in [0.5, 0.6) is 0 Å². The van der Waals surface area contributed by atoms with Crippen molar-refractivity contribution in [2.24, 2.45) is 10.9 Å². The van der Waals surface area contributed by atoms with Gasteiger partial charge in [0.15, 0.2) is 15.8 Å². The fourth-order valence-electron chi connectivity index (χ4n) is 4.00. The minimum Gasteiger partial charge on any atom is -0.355 e. The van der Waals surface area contributed by atoms with Crippen molar-refractivity contribution in [3.63, 3.8) is 0 Å². The first-order chi connectivity index (χ1) is 14.2. The van der Waals surface area contributed by atoms with E-state index in [1.54, 1.807) is 7.05 Å². The Kier molecular flexibility index (Phi) is 12.3. The highest BCUT2D eigenvalue weighted by Gasteiger charge is 2.23. The number of benzene rings is 1. The molecule has 1 aromatic rings. The molecule has 0 aromatic heterocycles. The molecule has 1 unspecified atom stereocenters. The number of halogens is 2. The molecule has 1 saturated heterocycles. The monoisotopic (exact) mass is 568 g/mol. The Bertz CT molecular complexity index is 810. The second-order valence-electron chi connectivity index (χ2n) is 8.55. The van der Waals surface area contributed by atoms with Crippen molar-refractivity contribution in [2.75, 3.05) is 32.9 Å². The van der Waals surface area contributed by atoms with Crippen LogP contribution >= 0.6 is 24.0 Å². The summed E-state index contributed by atoms with van der Waals surface area (Å²) in [6, 6.07) is 4.63. The largest absolute Gasteiger partial charge is 0.355 e. The van der Waals surface area contributed by atoms with E-state index in [0.29, 0.717) is 35.6 Å². The van der Waals surface area contributed by atoms with Crippen LogP contribution in [0.3, 0.4) is 0 Å². The fourth-order valence-corrected chi connectivity index (χ4v) is 4.84. The summed E-state index contributed by atoms with van der Waals surface area (Å²) in [5.41, 5.74) is 1.22. The first-order valence-electron chi connectivity index (χ1n) is 10.8. The van der Waals surface area contributed by atoms with Crippen LogP contribution in [0.1, 0.15) is 50.7 Å². The van der Waals surface area contributed by atoms with Crippen molar-refractivity contribution in [3.05, 3.63) is 35.1 Å². The maximum atomic E-state index is 13.7. The topological polar surface area (TPSA) is 73.8 Å². The molecule has 1 aliphatic heterocycles. The molecule has 0 aliphatic carbocycles. The van der Waals surface area contributed by atoms with E-state index in [4.69, 9.17) is 0 Å². The number of nitrogens with zero attached hydrogens (tertiary/aromatic N) is 2. The third kappa shape index (κ3) is 10.0. The summed E-state index contributed by atoms with van der Waals surface area (Å²) in [6.07, 6.45) is 6.30. The Morgan fingerprint density at radius 2 is 1.77 bits per heavy atom. The number of hydrogen-bond donors (Lipinski definition) is 2. The summed E-state index contributed by atoms with van der Waals surface area (Å²) in [7, 11) is -1.50. The molecule has 0 bridgehead atoms. The first kappa shape index (κ1) is 28.1. The quantitative estimate of drug-likeness (QED) is 0.285. The van der Waals surface area contributed by atoms with Gasteiger partial charge in [-0.2, -0.15) is 0 Å². The molecule has 9 heteroatoms. The normalized spacial score (nSPS) is 17.0. The number of guanidine groups is 1. The molecule has 6 nitrogen and oxygen atoms in total. The Morgan fingerprint density at radius 1 is 1.13 bits per heavy atom. The Balaban J connectivity index is 0.00000480. The lowest BCUT2D eigenvalue weighted by molar-refractivity contribution is 0.161. The lowest BCUT2D eigenvalue weighted by Crippen LogP contribution is -2.49. The molecule has 0 amide bonds. The van der Waals surface area contributed by atoms with Gasteiger partial charge in [-0.05, 0) is 55.1 Å². The van der Waals surface area contributed by atoms with Gasteiger partial charge in [-0.1, -0.05) is 32.8 Å². The highest BCUT2D eigenvalue weighted by Crippen LogP contribution is 2.17. The maximum Gasteiger partial charge on any atom is 0.191 e. The van der Waals surface area contributed by atoms with E-state index in [-0.39, 0.29) is 35.5 Å². The number of likely N-dealkylation sites (tertiary alicyclic amines) is 1. The van der Waals surface area contributed by atoms with Gasteiger partial charge < -0.3 is 10.6 Å². The van der Waals surface area contributed by atoms with Gasteiger partial charge in [0, 0.05) is 32.4 Å². The maximum absolute atomic E-state index is 13.7. The summed E-state index contributed by atoms with van der Waals surface area (Å²) >= 11 is 0. The van der Waals surface area contributed by atoms with Crippen LogP contribution in [-0.4, -0.2) is 58.3 Å². The molecule has 1 atom stereocenters. The predicted octanol–water partition coefficient (Wildman–Crippen LogP) is 3.55. The molecule has 178 valence electrons. The van der Waals surface area contributed by atoms with Crippen LogP contribution in [0.25, 0.3) is 0 Å². The zero-order valence-electron chi connectivity index (χ0n) is 19.2. The average molecular weight is 569 g/mol. The molecule has 0 radical (unpaired) electrons. The number of sulfone groups is 1. The van der Waals surface area contributed by atoms with Gasteiger partial charge in [-0.3, -0.25) is 9.89 Å². The smallest absolute Gasteiger partial charge is 0.191 e. The molecule has 1 aromatic carbocycles. The molecule has 1 fully saturated rings. The molecule has 2 rings (SSSR count). The summed E-state index contributed by atoms with van der Waals surface area (Å²) < 4.78 is 37.1. The van der Waals surface area contributed by atoms with E-state index in [1.165, 1.54) is 50.1 Å². The van der Waals surface area contributed by atoms with Gasteiger partial charge in [-0.15, -0.1) is 24.0 Å². The van der Waals surface area contributed by atoms with E-state index in [2.05, 4.69) is 34.4 Å². The van der Waals surface area contributed by atoms with Crippen molar-refractivity contribution >= 4 is 39.8 Å². The highest BCUT2D eigenvalue weighted by molar-refractivity contribution is 14.0. The summed E-state index contributed by atoms with van der Waals surface area (Å²) in [4.78, 5) is 6.87. The van der Waals surface area contributed by atoms with Crippen molar-refractivity contribution in [3.8, 4) is 0 Å². The van der Waals surface area contributed by atoms with E-state index >= 15 is 0 Å². The summed E-state index contributed by atoms with van der Waals surface area (Å²) in [5, 5.41) is 6.61. The molecule has 0 saturated carbocycles. The minimum absolute atomic E-state index is 0. The standard InChI is InChI=1S/C22H37FN4O2S.HI/c1-17(2)21(27-11-7-5-6-8-12-27)15-26-22(24-3)25-14-19-13-20(23)10-9-18(19)16-30(4,28)29;/h9-10,13,17,21H,5-8,11-12,14-16H2,1-4H3,(H2,24,25,26);1H. The Morgan fingerprint density at radius 3 is 2.32 bits per heavy atom. The molecule has 1 heterocycles. The number of hydrogen-bond acceptors (Lipinski definition) is 4. The number of nitrogens with one attached hydrogen (secondary N) is 2. The molecule has 2 N–H and O–H groups in total. The van der Waals surface area contributed by atoms with Crippen molar-refractivity contribution < 1.29 is 12.8 Å². The van der Waals surface area contributed by atoms with E-state index < -0.39 is 9.84 Å². The second kappa shape index (κ2) is 13.6. The van der Waals surface area contributed by atoms with Crippen molar-refractivity contribution in [2.45, 2.75) is 57.9 Å². The van der Waals surface area contributed by atoms with Crippen LogP contribution in [0.15, 0.2) is 23.2 Å². The average Bonchev–Trinajstić information content (AvgIpc) is 2.94. The second-order valence-corrected chi connectivity index (χ2v) is 10.7. The van der Waals surface area contributed by atoms with E-state index in [0.717, 1.165) is 19.6 Å². The fraction of sp³-hybridized carbons (Fsp3) is 0.682. The third-order valence-corrected chi connectivity index (χ3v) is 6.45. The zero-order valence-corrected chi connectivity index (χ0v) is 22.3. The van der Waals surface area contributed by atoms with Crippen LogP contribution < -0.4 is 10.6 Å². The van der Waals surface area contributed by atoms with Crippen LogP contribution in [-0.2, 0) is 22.1 Å². The molecular formula is C22H38FIN4O2S. The SMILES string of the molecule is CN=C(NCc1cc(F)ccc1CS(C)(=O)=O)NCC(C(C)C)N1CCCCCC1.I. The first-order valence-corrected chi connectivity index (χ1v) is 12.9. The van der Waals surface area contributed by atoms with E-state index in [1.807, 2.05) is 0 Å². The number of rotatable bonds is 8. The summed E-state index contributed by atoms with van der Waals surface area (Å²) in [6.45, 7) is 7.84. The highest BCUT2D eigenvalue weighted by atomic mass is 127. The van der Waals surface area contributed by atoms with Gasteiger partial charge in [0.1, 0.15) is 5.82 Å². The van der Waals surface area contributed by atoms with Gasteiger partial charge in [0.05, 0.1) is 5.75 Å². The zero-order chi connectivity index (χ0) is 22.1. The lowest BCUT2D eigenvalue weighted by Gasteiger charge is -2.34. The predicted molar refractivity (Wildman–Crippen MR) is 137 cm³/mol. The van der Waals surface area contributed by atoms with Crippen LogP contribution in [0, 0.1) is 11.7 Å². The molecule has 31 heavy (non-hydrogen) atoms. The van der Waals surface area contributed by atoms with Gasteiger partial charge >= 0.3 is 0 Å².